The number of nitrogens with zero attached hydrogens (tertiary/aromatic N) is 10. The molecule has 23 heteroatoms. The lowest BCUT2D eigenvalue weighted by atomic mass is 10.3. The lowest BCUT2D eigenvalue weighted by Gasteiger charge is -1.87. The maximum absolute atomic E-state index is 9.94. The van der Waals surface area contributed by atoms with Gasteiger partial charge >= 0.3 is 0 Å². The van der Waals surface area contributed by atoms with Gasteiger partial charge in [-0.25, -0.2) is 4.98 Å². The number of rotatable bonds is 3. The van der Waals surface area contributed by atoms with Crippen molar-refractivity contribution in [3.8, 4) is 0 Å². The second-order valence-corrected chi connectivity index (χ2v) is 7.59. The molecule has 2 rings (SSSR count). The zero-order valence-corrected chi connectivity index (χ0v) is 30.3. The monoisotopic (exact) mass is 773 g/mol. The molecule has 0 unspecified atom stereocenters. The second kappa shape index (κ2) is 76.2. The Hall–Kier alpha value is -5.74. The van der Waals surface area contributed by atoms with Crippen LogP contribution in [0.1, 0.15) is 111 Å². The average molecular weight is 773 g/mol. The zero-order chi connectivity index (χ0) is 39.2. The lowest BCUT2D eigenvalue weighted by molar-refractivity contribution is -0.119. The third-order valence-electron chi connectivity index (χ3n) is 3.47. The summed E-state index contributed by atoms with van der Waals surface area (Å²) in [7, 11) is 4.69. The van der Waals surface area contributed by atoms with Gasteiger partial charge in [0.2, 0.25) is 11.8 Å². The van der Waals surface area contributed by atoms with Crippen molar-refractivity contribution < 1.29 is 25.2 Å². The Kier molecular flexibility index (Phi) is 117. The number of aliphatic imine (C=N–C) groups is 1. The number of H-pyrrole nitrogens is 2. The normalized spacial score (nSPS) is 7.75. The highest BCUT2D eigenvalue weighted by atomic mass is 16.4. The number of tetrazole rings is 1. The van der Waals surface area contributed by atoms with Crippen molar-refractivity contribution in [1.29, 1.82) is 0 Å². The summed E-state index contributed by atoms with van der Waals surface area (Å²) in [6.45, 7) is 15.9. The quantitative estimate of drug-likeness (QED) is 0.0703. The summed E-state index contributed by atoms with van der Waals surface area (Å²) in [5.74, 6) is 6.22. The molecule has 15 N–H and O–H groups in total. The fourth-order valence-corrected chi connectivity index (χ4v) is 0.786. The van der Waals surface area contributed by atoms with Gasteiger partial charge in [-0.3, -0.25) is 19.7 Å². The molecule has 2 aromatic heterocycles. The van der Waals surface area contributed by atoms with Crippen molar-refractivity contribution in [3.63, 3.8) is 0 Å². The zero-order valence-electron chi connectivity index (χ0n) is 30.3. The molecule has 0 spiro atoms. The molecule has 2 amide bonds. The Balaban J connectivity index is -0.0000000355. The van der Waals surface area contributed by atoms with E-state index in [4.69, 9.17) is 32.8 Å². The average Bonchev–Trinajstić information content (AvgIpc) is 3.83. The van der Waals surface area contributed by atoms with E-state index in [1.807, 2.05) is 13.8 Å². The van der Waals surface area contributed by atoms with Crippen LogP contribution in [0.4, 0.5) is 0 Å². The molecule has 0 atom stereocenters. The Labute approximate surface area is 319 Å². The number of guanidine groups is 1. The Morgan fingerprint density at radius 1 is 0.925 bits per heavy atom. The topological polar surface area (TPSA) is 381 Å². The number of nitrogens with one attached hydrogen (secondary N) is 4. The molecule has 0 aliphatic carbocycles. The van der Waals surface area contributed by atoms with E-state index in [0.29, 0.717) is 11.5 Å². The molecule has 320 valence electrons. The van der Waals surface area contributed by atoms with Gasteiger partial charge in [-0.2, -0.15) is 15.4 Å². The van der Waals surface area contributed by atoms with Gasteiger partial charge < -0.3 is 49.3 Å². The third-order valence-corrected chi connectivity index (χ3v) is 3.47. The number of amides is 2. The van der Waals surface area contributed by atoms with E-state index in [1.54, 1.807) is 55.6 Å². The molecule has 2 aromatic rings. The summed E-state index contributed by atoms with van der Waals surface area (Å²) in [5.41, 5.74) is 16.0. The summed E-state index contributed by atoms with van der Waals surface area (Å²) in [6, 6.07) is 0. The smallest absolute Gasteiger partial charge is 0.233 e. The minimum absolute atomic E-state index is 0. The summed E-state index contributed by atoms with van der Waals surface area (Å²) >= 11 is 0. The fraction of sp³-hybridized carbons (Fsp3) is 0.667. The van der Waals surface area contributed by atoms with Crippen LogP contribution in [0.2, 0.25) is 0 Å². The molecule has 0 bridgehead atoms. The molecule has 0 aliphatic rings. The number of likely N-dealkylation sites (N-methyl/N-ethyl adjacent to an activating group) is 1. The molecule has 2 heterocycles. The van der Waals surface area contributed by atoms with Gasteiger partial charge in [-0.05, 0) is 48.0 Å². The molecule has 0 aliphatic heterocycles. The maximum atomic E-state index is 9.94. The molecular weight excluding hydrogens is 692 g/mol. The Morgan fingerprint density at radius 3 is 1.40 bits per heavy atom. The summed E-state index contributed by atoms with van der Waals surface area (Å²) in [4.78, 5) is 26.9. The van der Waals surface area contributed by atoms with E-state index in [0.717, 1.165) is 24.4 Å². The maximum Gasteiger partial charge on any atom is 0.233 e. The standard InChI is InChI=1S/C4H7N3.C4H9NO.C3H8N2O.2C3H7NO.C2H4N4.C2H7N3.C2H6N2.C2H5NO.5CH4/c1-2-4-5-3-6-7-4;1-3-4(2)5-6;1-5-3(6)2-4;1-3(5)4-2;1-3(2)4-5;1-2-3-5-6-4-2;1-5-2(3)4;1-2-4-3;1-2-3-4;;;;;/h3H,2H2,1H3,(H,5,6,7);6H,3H2,1-2H3;2,4H2,1H3,(H,5,6);1-2H3,(H,4,5);5H,1-2H3;1H3,(H,3,4,5,6);1H3,(H4,3,4,5);2H,3H2,1H3;2,4H,1H3;5*1H4/b;5-4+;;;;;;;3-2+;;;;;. The van der Waals surface area contributed by atoms with Gasteiger partial charge in [0.1, 0.15) is 12.2 Å². The van der Waals surface area contributed by atoms with E-state index in [-0.39, 0.29) is 61.5 Å². The fourth-order valence-electron chi connectivity index (χ4n) is 0.786. The van der Waals surface area contributed by atoms with Crippen molar-refractivity contribution in [2.45, 2.75) is 112 Å². The van der Waals surface area contributed by atoms with Crippen LogP contribution in [-0.4, -0.2) is 121 Å². The van der Waals surface area contributed by atoms with Crippen LogP contribution in [0.5, 0.6) is 0 Å². The number of aryl methyl sites for hydroxylation is 2. The number of nitrogens with two attached hydrogens (primary N) is 4. The number of carbonyl (C=O) groups is 2. The first-order chi connectivity index (χ1) is 22.6. The molecule has 0 radical (unpaired) electrons. The highest BCUT2D eigenvalue weighted by Crippen LogP contribution is 1.82. The van der Waals surface area contributed by atoms with Crippen LogP contribution >= 0.6 is 0 Å². The first-order valence-electron chi connectivity index (χ1n) is 13.8. The van der Waals surface area contributed by atoms with Crippen LogP contribution < -0.4 is 33.7 Å². The first-order valence-corrected chi connectivity index (χ1v) is 13.8. The van der Waals surface area contributed by atoms with Crippen molar-refractivity contribution in [2.24, 2.45) is 48.6 Å². The largest absolute Gasteiger partial charge is 0.411 e. The van der Waals surface area contributed by atoms with Crippen LogP contribution in [0, 0.1) is 6.92 Å². The van der Waals surface area contributed by atoms with Crippen LogP contribution in [-0.2, 0) is 16.0 Å². The van der Waals surface area contributed by atoms with Crippen LogP contribution in [0.15, 0.2) is 31.9 Å². The van der Waals surface area contributed by atoms with Gasteiger partial charge in [-0.15, -0.1) is 15.4 Å². The van der Waals surface area contributed by atoms with Crippen LogP contribution in [0.3, 0.4) is 0 Å². The molecular formula is C30H80N18O5. The van der Waals surface area contributed by atoms with Crippen LogP contribution in [0.25, 0.3) is 0 Å². The number of aromatic amines is 2. The predicted molar refractivity (Wildman–Crippen MR) is 223 cm³/mol. The van der Waals surface area contributed by atoms with E-state index >= 15 is 0 Å². The van der Waals surface area contributed by atoms with Gasteiger partial charge in [0.15, 0.2) is 11.8 Å². The van der Waals surface area contributed by atoms with Crippen molar-refractivity contribution in [2.75, 3.05) is 27.7 Å². The number of aromatic nitrogens is 7. The van der Waals surface area contributed by atoms with Crippen molar-refractivity contribution >= 4 is 41.6 Å². The molecule has 23 nitrogen and oxygen atoms in total. The highest BCUT2D eigenvalue weighted by molar-refractivity contribution is 5.80. The van der Waals surface area contributed by atoms with E-state index < -0.39 is 0 Å². The summed E-state index contributed by atoms with van der Waals surface area (Å²) in [5, 5.41) is 58.4. The van der Waals surface area contributed by atoms with Gasteiger partial charge in [0.25, 0.3) is 0 Å². The van der Waals surface area contributed by atoms with Crippen molar-refractivity contribution in [3.05, 3.63) is 18.0 Å². The summed E-state index contributed by atoms with van der Waals surface area (Å²) < 4.78 is 0. The first kappa shape index (κ1) is 81.3. The van der Waals surface area contributed by atoms with E-state index in [1.165, 1.54) is 32.7 Å². The minimum Gasteiger partial charge on any atom is -0.411 e. The molecule has 53 heavy (non-hydrogen) atoms. The predicted octanol–water partition coefficient (Wildman–Crippen LogP) is 2.91. The summed E-state index contributed by atoms with van der Waals surface area (Å²) in [6.07, 6.45) is 6.11. The lowest BCUT2D eigenvalue weighted by Crippen LogP contribution is -2.26. The minimum atomic E-state index is -0.130. The number of hydrogen-bond donors (Lipinski definition) is 11. The SMILES string of the molecule is C.C.C.C.C.C/C=N/O.CC(C)=NO.CC/C(C)=N/O.CC=NN.CCc1ncn[nH]1.CN=C(N)N.CNC(=O)CN.CNC(C)=O.Cc1nn[nH]n1. The number of carbonyl (C=O) groups excluding carboxylic acids is 2. The molecule has 0 saturated carbocycles. The number of oxime groups is 3. The Morgan fingerprint density at radius 2 is 1.34 bits per heavy atom. The highest BCUT2D eigenvalue weighted by Gasteiger charge is 1.85. The van der Waals surface area contributed by atoms with Crippen molar-refractivity contribution in [1.82, 2.24) is 46.4 Å². The third kappa shape index (κ3) is 131. The second-order valence-electron chi connectivity index (χ2n) is 7.59. The number of hydrogen-bond acceptors (Lipinski definition) is 17. The molecule has 0 aromatic carbocycles. The molecule has 0 fully saturated rings. The van der Waals surface area contributed by atoms with E-state index in [2.05, 4.69) is 77.8 Å². The number of hydrazone groups is 1. The molecule has 0 saturated heterocycles. The Bertz CT molecular complexity index is 998. The van der Waals surface area contributed by atoms with Gasteiger partial charge in [-0.1, -0.05) is 66.5 Å². The van der Waals surface area contributed by atoms with Gasteiger partial charge in [0.05, 0.1) is 18.0 Å². The van der Waals surface area contributed by atoms with Gasteiger partial charge in [0, 0.05) is 46.9 Å². The van der Waals surface area contributed by atoms with E-state index in [9.17, 15) is 9.59 Å².